The third-order valence-corrected chi connectivity index (χ3v) is 5.15. The first-order chi connectivity index (χ1) is 14.9. The van der Waals surface area contributed by atoms with E-state index in [0.29, 0.717) is 22.6 Å². The van der Waals surface area contributed by atoms with Gasteiger partial charge in [-0.25, -0.2) is 4.98 Å². The van der Waals surface area contributed by atoms with Crippen LogP contribution in [0, 0.1) is 13.8 Å². The molecule has 2 aromatic heterocycles. The number of aryl methyl sites for hydroxylation is 2. The molecule has 0 saturated carbocycles. The molecule has 0 aliphatic heterocycles. The molecule has 156 valence electrons. The van der Waals surface area contributed by atoms with Crippen molar-refractivity contribution in [3.05, 3.63) is 100.0 Å². The summed E-state index contributed by atoms with van der Waals surface area (Å²) in [5.74, 6) is 0.247. The van der Waals surface area contributed by atoms with Gasteiger partial charge < -0.3 is 5.32 Å². The van der Waals surface area contributed by atoms with Crippen LogP contribution in [0.5, 0.6) is 0 Å². The fourth-order valence-electron chi connectivity index (χ4n) is 3.32. The van der Waals surface area contributed by atoms with Crippen LogP contribution in [0.15, 0.2) is 71.9 Å². The van der Waals surface area contributed by atoms with Crippen molar-refractivity contribution in [3.8, 4) is 16.8 Å². The van der Waals surface area contributed by atoms with Crippen molar-refractivity contribution in [2.45, 2.75) is 26.8 Å². The van der Waals surface area contributed by atoms with Crippen LogP contribution in [0.2, 0.25) is 0 Å². The van der Waals surface area contributed by atoms with Crippen molar-refractivity contribution in [2.24, 2.45) is 0 Å². The SMILES string of the molecule is Cc1ccc(-c2cc(C(=O)N[C@@H](C)c3ncn[nH]3)cn(-c3ccc(C)cc3)c2=O)cc1. The Morgan fingerprint density at radius 2 is 1.68 bits per heavy atom. The Kier molecular flexibility index (Phi) is 5.49. The predicted molar refractivity (Wildman–Crippen MR) is 119 cm³/mol. The van der Waals surface area contributed by atoms with E-state index >= 15 is 0 Å². The van der Waals surface area contributed by atoms with Crippen LogP contribution >= 0.6 is 0 Å². The summed E-state index contributed by atoms with van der Waals surface area (Å²) in [5, 5.41) is 9.49. The molecule has 0 spiro atoms. The zero-order valence-corrected chi connectivity index (χ0v) is 17.6. The number of aromatic amines is 1. The number of amides is 1. The van der Waals surface area contributed by atoms with Gasteiger partial charge in [-0.2, -0.15) is 5.10 Å². The molecule has 0 saturated heterocycles. The van der Waals surface area contributed by atoms with E-state index in [2.05, 4.69) is 20.5 Å². The van der Waals surface area contributed by atoms with Crippen LogP contribution in [0.1, 0.15) is 40.3 Å². The van der Waals surface area contributed by atoms with E-state index in [4.69, 9.17) is 0 Å². The van der Waals surface area contributed by atoms with E-state index < -0.39 is 0 Å². The van der Waals surface area contributed by atoms with Gasteiger partial charge in [0.1, 0.15) is 12.2 Å². The number of benzene rings is 2. The first-order valence-corrected chi connectivity index (χ1v) is 9.99. The molecule has 4 aromatic rings. The second kappa shape index (κ2) is 8.39. The Morgan fingerprint density at radius 3 is 2.29 bits per heavy atom. The molecule has 2 aromatic carbocycles. The second-order valence-corrected chi connectivity index (χ2v) is 7.59. The number of nitrogens with one attached hydrogen (secondary N) is 2. The molecule has 31 heavy (non-hydrogen) atoms. The molecular weight excluding hydrogens is 390 g/mol. The van der Waals surface area contributed by atoms with Crippen molar-refractivity contribution < 1.29 is 4.79 Å². The summed E-state index contributed by atoms with van der Waals surface area (Å²) in [4.78, 5) is 30.5. The normalized spacial score (nSPS) is 11.8. The number of H-pyrrole nitrogens is 1. The van der Waals surface area contributed by atoms with Gasteiger partial charge in [0, 0.05) is 17.4 Å². The van der Waals surface area contributed by atoms with Gasteiger partial charge in [0.2, 0.25) is 0 Å². The molecule has 4 rings (SSSR count). The summed E-state index contributed by atoms with van der Waals surface area (Å²) in [6, 6.07) is 16.6. The fraction of sp³-hybridized carbons (Fsp3) is 0.167. The lowest BCUT2D eigenvalue weighted by molar-refractivity contribution is 0.0937. The number of rotatable bonds is 5. The van der Waals surface area contributed by atoms with Gasteiger partial charge >= 0.3 is 0 Å². The minimum absolute atomic E-state index is 0.187. The van der Waals surface area contributed by atoms with Gasteiger partial charge in [0.25, 0.3) is 11.5 Å². The van der Waals surface area contributed by atoms with Gasteiger partial charge in [0.15, 0.2) is 0 Å². The number of carbonyl (C=O) groups is 1. The summed E-state index contributed by atoms with van der Waals surface area (Å²) >= 11 is 0. The lowest BCUT2D eigenvalue weighted by atomic mass is 10.0. The molecule has 2 heterocycles. The molecule has 0 aliphatic carbocycles. The van der Waals surface area contributed by atoms with Gasteiger partial charge in [-0.05, 0) is 44.5 Å². The van der Waals surface area contributed by atoms with Crippen LogP contribution < -0.4 is 10.9 Å². The van der Waals surface area contributed by atoms with Crippen molar-refractivity contribution in [1.29, 1.82) is 0 Å². The van der Waals surface area contributed by atoms with E-state index in [0.717, 1.165) is 16.7 Å². The average molecular weight is 413 g/mol. The third kappa shape index (κ3) is 4.30. The Morgan fingerprint density at radius 1 is 1.03 bits per heavy atom. The Labute approximate surface area is 179 Å². The van der Waals surface area contributed by atoms with Crippen LogP contribution in [0.25, 0.3) is 16.8 Å². The van der Waals surface area contributed by atoms with Crippen LogP contribution in [0.4, 0.5) is 0 Å². The number of pyridine rings is 1. The summed E-state index contributed by atoms with van der Waals surface area (Å²) in [6.07, 6.45) is 2.97. The number of hydrogen-bond acceptors (Lipinski definition) is 4. The van der Waals surface area contributed by atoms with Crippen molar-refractivity contribution >= 4 is 5.91 Å². The molecule has 0 bridgehead atoms. The van der Waals surface area contributed by atoms with Gasteiger partial charge in [0.05, 0.1) is 11.6 Å². The van der Waals surface area contributed by atoms with Crippen molar-refractivity contribution in [1.82, 2.24) is 25.1 Å². The molecule has 0 radical (unpaired) electrons. The molecule has 0 fully saturated rings. The minimum Gasteiger partial charge on any atom is -0.342 e. The summed E-state index contributed by atoms with van der Waals surface area (Å²) in [7, 11) is 0. The Hall–Kier alpha value is -4.00. The average Bonchev–Trinajstić information content (AvgIpc) is 3.30. The highest BCUT2D eigenvalue weighted by atomic mass is 16.2. The maximum atomic E-state index is 13.3. The van der Waals surface area contributed by atoms with Crippen LogP contribution in [0.3, 0.4) is 0 Å². The van der Waals surface area contributed by atoms with Crippen molar-refractivity contribution in [3.63, 3.8) is 0 Å². The number of hydrogen-bond donors (Lipinski definition) is 2. The maximum Gasteiger partial charge on any atom is 0.262 e. The smallest absolute Gasteiger partial charge is 0.262 e. The fourth-order valence-corrected chi connectivity index (χ4v) is 3.32. The van der Waals surface area contributed by atoms with Crippen LogP contribution in [-0.4, -0.2) is 25.7 Å². The molecule has 7 heteroatoms. The maximum absolute atomic E-state index is 13.3. The highest BCUT2D eigenvalue weighted by molar-refractivity contribution is 5.95. The van der Waals surface area contributed by atoms with E-state index in [1.54, 1.807) is 12.3 Å². The van der Waals surface area contributed by atoms with E-state index in [-0.39, 0.29) is 17.5 Å². The van der Waals surface area contributed by atoms with E-state index in [9.17, 15) is 9.59 Å². The summed E-state index contributed by atoms with van der Waals surface area (Å²) < 4.78 is 1.52. The summed E-state index contributed by atoms with van der Waals surface area (Å²) in [6.45, 7) is 5.79. The quantitative estimate of drug-likeness (QED) is 0.521. The molecular formula is C24H23N5O2. The highest BCUT2D eigenvalue weighted by Gasteiger charge is 2.18. The largest absolute Gasteiger partial charge is 0.342 e. The topological polar surface area (TPSA) is 92.7 Å². The molecule has 1 atom stereocenters. The van der Waals surface area contributed by atoms with Gasteiger partial charge in [-0.3, -0.25) is 19.3 Å². The van der Waals surface area contributed by atoms with Gasteiger partial charge in [-0.15, -0.1) is 0 Å². The zero-order chi connectivity index (χ0) is 22.0. The lowest BCUT2D eigenvalue weighted by Crippen LogP contribution is -2.30. The molecule has 7 nitrogen and oxygen atoms in total. The number of nitrogens with zero attached hydrogens (tertiary/aromatic N) is 3. The Balaban J connectivity index is 1.80. The molecule has 0 unspecified atom stereocenters. The predicted octanol–water partition coefficient (Wildman–Crippen LogP) is 3.73. The Bertz CT molecular complexity index is 1190. The summed E-state index contributed by atoms with van der Waals surface area (Å²) in [5.41, 5.74) is 4.29. The molecule has 0 aliphatic rings. The first-order valence-electron chi connectivity index (χ1n) is 9.99. The first kappa shape index (κ1) is 20.3. The second-order valence-electron chi connectivity index (χ2n) is 7.59. The van der Waals surface area contributed by atoms with E-state index in [1.165, 1.54) is 10.9 Å². The standard InChI is InChI=1S/C24H23N5O2/c1-15-4-8-18(9-5-15)21-12-19(23(30)27-17(3)22-25-14-26-28-22)13-29(24(21)31)20-10-6-16(2)7-11-20/h4-14,17H,1-3H3,(H,27,30)(H,25,26,28)/t17-/m0/s1. The lowest BCUT2D eigenvalue weighted by Gasteiger charge is -2.15. The number of aromatic nitrogens is 4. The molecule has 1 amide bonds. The monoisotopic (exact) mass is 413 g/mol. The minimum atomic E-state index is -0.363. The van der Waals surface area contributed by atoms with Gasteiger partial charge in [-0.1, -0.05) is 47.5 Å². The van der Waals surface area contributed by atoms with Crippen molar-refractivity contribution in [2.75, 3.05) is 0 Å². The van der Waals surface area contributed by atoms with Crippen LogP contribution in [-0.2, 0) is 0 Å². The number of carbonyl (C=O) groups excluding carboxylic acids is 1. The molecule has 2 N–H and O–H groups in total. The highest BCUT2D eigenvalue weighted by Crippen LogP contribution is 2.20. The van der Waals surface area contributed by atoms with E-state index in [1.807, 2.05) is 69.3 Å². The third-order valence-electron chi connectivity index (χ3n) is 5.15. The zero-order valence-electron chi connectivity index (χ0n) is 17.6.